The number of halogens is 3. The van der Waals surface area contributed by atoms with Crippen LogP contribution in [0, 0.1) is 30.4 Å². The van der Waals surface area contributed by atoms with Crippen molar-refractivity contribution in [1.29, 1.82) is 0 Å². The number of pyridine rings is 1. The molecule has 1 aromatic heterocycles. The number of carbonyl (C=O) groups is 2. The highest BCUT2D eigenvalue weighted by Crippen LogP contribution is 2.35. The van der Waals surface area contributed by atoms with Gasteiger partial charge >= 0.3 is 0 Å². The van der Waals surface area contributed by atoms with Gasteiger partial charge in [-0.25, -0.2) is 8.78 Å². The monoisotopic (exact) mass is 477 g/mol. The van der Waals surface area contributed by atoms with Gasteiger partial charge in [0.15, 0.2) is 0 Å². The summed E-state index contributed by atoms with van der Waals surface area (Å²) in [7, 11) is 0. The van der Waals surface area contributed by atoms with Gasteiger partial charge in [-0.2, -0.15) is 0 Å². The highest BCUT2D eigenvalue weighted by atomic mass is 35.5. The number of rotatable bonds is 5. The van der Waals surface area contributed by atoms with E-state index in [-0.39, 0.29) is 40.1 Å². The van der Waals surface area contributed by atoms with Crippen LogP contribution in [-0.4, -0.2) is 47.0 Å². The van der Waals surface area contributed by atoms with Crippen molar-refractivity contribution in [3.05, 3.63) is 63.9 Å². The van der Waals surface area contributed by atoms with Crippen LogP contribution in [-0.2, 0) is 9.53 Å². The number of hydrogen-bond acceptors (Lipinski definition) is 4. The Balaban J connectivity index is 1.62. The molecule has 0 radical (unpaired) electrons. The largest absolute Gasteiger partial charge is 0.381 e. The third-order valence-electron chi connectivity index (χ3n) is 6.67. The van der Waals surface area contributed by atoms with E-state index in [0.29, 0.717) is 19.6 Å². The van der Waals surface area contributed by atoms with Crippen molar-refractivity contribution < 1.29 is 23.1 Å². The standard InChI is InChI=1S/C24H26ClF2N3O3/c1-12-4-5-28-20(6-12)24(32)30-14(3)13(2)7-21(30)23(31)29-22(15-10-33-11-15)16-8-19(27)17(25)9-18(16)26/h4-6,8-9,13-15,21-22H,7,10-11H2,1-3H3,(H,29,31)/t13-,14-,21-,22?/m1/s1. The van der Waals surface area contributed by atoms with E-state index < -0.39 is 29.6 Å². The lowest BCUT2D eigenvalue weighted by atomic mass is 9.90. The first-order valence-corrected chi connectivity index (χ1v) is 11.3. The molecule has 0 aliphatic carbocycles. The van der Waals surface area contributed by atoms with Crippen LogP contribution in [0.15, 0.2) is 30.5 Å². The highest BCUT2D eigenvalue weighted by Gasteiger charge is 2.45. The molecule has 0 spiro atoms. The fourth-order valence-corrected chi connectivity index (χ4v) is 4.64. The summed E-state index contributed by atoms with van der Waals surface area (Å²) in [5.41, 5.74) is 1.17. The number of nitrogens with zero attached hydrogens (tertiary/aromatic N) is 2. The van der Waals surface area contributed by atoms with Crippen molar-refractivity contribution in [1.82, 2.24) is 15.2 Å². The molecule has 2 fully saturated rings. The lowest BCUT2D eigenvalue weighted by Gasteiger charge is -2.36. The number of amides is 2. The summed E-state index contributed by atoms with van der Waals surface area (Å²) in [6.07, 6.45) is 2.02. The van der Waals surface area contributed by atoms with Crippen LogP contribution in [0.5, 0.6) is 0 Å². The van der Waals surface area contributed by atoms with Crippen molar-refractivity contribution in [2.45, 2.75) is 45.3 Å². The molecule has 2 aromatic rings. The second-order valence-electron chi connectivity index (χ2n) is 8.97. The number of likely N-dealkylation sites (tertiary alicyclic amines) is 1. The van der Waals surface area contributed by atoms with E-state index in [1.165, 1.54) is 0 Å². The summed E-state index contributed by atoms with van der Waals surface area (Å²) in [6, 6.07) is 3.65. The molecule has 9 heteroatoms. The SMILES string of the molecule is Cc1ccnc(C(=O)N2[C@@H](C(=O)NC(c3cc(F)c(Cl)cc3F)C3COC3)C[C@@H](C)[C@H]2C)c1. The Morgan fingerprint density at radius 2 is 1.94 bits per heavy atom. The molecule has 1 N–H and O–H groups in total. The zero-order chi connectivity index (χ0) is 23.9. The van der Waals surface area contributed by atoms with Gasteiger partial charge in [0.25, 0.3) is 5.91 Å². The molecule has 1 aromatic carbocycles. The number of hydrogen-bond donors (Lipinski definition) is 1. The number of aryl methyl sites for hydroxylation is 1. The van der Waals surface area contributed by atoms with E-state index >= 15 is 0 Å². The smallest absolute Gasteiger partial charge is 0.273 e. The first-order valence-electron chi connectivity index (χ1n) is 10.9. The Kier molecular flexibility index (Phi) is 6.68. The fraction of sp³-hybridized carbons (Fsp3) is 0.458. The molecule has 4 rings (SSSR count). The number of nitrogens with one attached hydrogen (secondary N) is 1. The number of ether oxygens (including phenoxy) is 1. The molecule has 2 saturated heterocycles. The number of benzene rings is 1. The number of carbonyl (C=O) groups excluding carboxylic acids is 2. The van der Waals surface area contributed by atoms with Gasteiger partial charge in [0.2, 0.25) is 5.91 Å². The maximum atomic E-state index is 14.7. The van der Waals surface area contributed by atoms with Gasteiger partial charge in [0.05, 0.1) is 24.3 Å². The molecule has 33 heavy (non-hydrogen) atoms. The molecule has 0 saturated carbocycles. The van der Waals surface area contributed by atoms with Crippen LogP contribution in [0.1, 0.15) is 47.9 Å². The van der Waals surface area contributed by atoms with Crippen molar-refractivity contribution in [3.63, 3.8) is 0 Å². The van der Waals surface area contributed by atoms with E-state index in [4.69, 9.17) is 16.3 Å². The van der Waals surface area contributed by atoms with Gasteiger partial charge in [0.1, 0.15) is 23.4 Å². The minimum atomic E-state index is -0.807. The van der Waals surface area contributed by atoms with Crippen LogP contribution in [0.3, 0.4) is 0 Å². The van der Waals surface area contributed by atoms with Crippen LogP contribution in [0.2, 0.25) is 5.02 Å². The molecule has 1 unspecified atom stereocenters. The van der Waals surface area contributed by atoms with E-state index in [0.717, 1.165) is 17.7 Å². The number of aromatic nitrogens is 1. The molecule has 2 aliphatic heterocycles. The van der Waals surface area contributed by atoms with Crippen LogP contribution >= 0.6 is 11.6 Å². The second-order valence-corrected chi connectivity index (χ2v) is 9.38. The zero-order valence-electron chi connectivity index (χ0n) is 18.6. The molecule has 6 nitrogen and oxygen atoms in total. The first-order chi connectivity index (χ1) is 15.7. The van der Waals surface area contributed by atoms with Gasteiger partial charge in [-0.15, -0.1) is 0 Å². The lowest BCUT2D eigenvalue weighted by Crippen LogP contribution is -2.51. The molecule has 4 atom stereocenters. The van der Waals surface area contributed by atoms with E-state index in [9.17, 15) is 18.4 Å². The topological polar surface area (TPSA) is 71.5 Å². The molecular formula is C24H26ClF2N3O3. The lowest BCUT2D eigenvalue weighted by molar-refractivity contribution is -0.128. The minimum Gasteiger partial charge on any atom is -0.381 e. The van der Waals surface area contributed by atoms with Gasteiger partial charge in [-0.05, 0) is 56.0 Å². The summed E-state index contributed by atoms with van der Waals surface area (Å²) in [4.78, 5) is 32.5. The molecule has 176 valence electrons. The molecule has 3 heterocycles. The van der Waals surface area contributed by atoms with Crippen LogP contribution in [0.25, 0.3) is 0 Å². The van der Waals surface area contributed by atoms with Gasteiger partial charge in [-0.1, -0.05) is 18.5 Å². The Morgan fingerprint density at radius 3 is 2.58 bits per heavy atom. The summed E-state index contributed by atoms with van der Waals surface area (Å²) >= 11 is 5.71. The van der Waals surface area contributed by atoms with E-state index in [2.05, 4.69) is 10.3 Å². The quantitative estimate of drug-likeness (QED) is 0.659. The highest BCUT2D eigenvalue weighted by molar-refractivity contribution is 6.30. The Hall–Kier alpha value is -2.58. The van der Waals surface area contributed by atoms with Gasteiger partial charge in [-0.3, -0.25) is 14.6 Å². The Bertz CT molecular complexity index is 1080. The summed E-state index contributed by atoms with van der Waals surface area (Å²) in [5, 5.41) is 2.54. The second kappa shape index (κ2) is 9.35. The van der Waals surface area contributed by atoms with Crippen molar-refractivity contribution in [3.8, 4) is 0 Å². The third kappa shape index (κ3) is 4.59. The minimum absolute atomic E-state index is 0.0101. The fourth-order valence-electron chi connectivity index (χ4n) is 4.49. The summed E-state index contributed by atoms with van der Waals surface area (Å²) in [6.45, 7) is 6.36. The average Bonchev–Trinajstić information content (AvgIpc) is 3.03. The molecule has 2 amide bonds. The third-order valence-corrected chi connectivity index (χ3v) is 6.96. The predicted octanol–water partition coefficient (Wildman–Crippen LogP) is 4.06. The Morgan fingerprint density at radius 1 is 1.21 bits per heavy atom. The maximum Gasteiger partial charge on any atom is 0.273 e. The molecular weight excluding hydrogens is 452 g/mol. The maximum absolute atomic E-state index is 14.7. The van der Waals surface area contributed by atoms with Crippen LogP contribution in [0.4, 0.5) is 8.78 Å². The Labute approximate surface area is 196 Å². The van der Waals surface area contributed by atoms with Crippen LogP contribution < -0.4 is 5.32 Å². The van der Waals surface area contributed by atoms with E-state index in [1.807, 2.05) is 20.8 Å². The summed E-state index contributed by atoms with van der Waals surface area (Å²) < 4.78 is 34.1. The zero-order valence-corrected chi connectivity index (χ0v) is 19.4. The van der Waals surface area contributed by atoms with Crippen molar-refractivity contribution in [2.24, 2.45) is 11.8 Å². The molecule has 0 bridgehead atoms. The van der Waals surface area contributed by atoms with E-state index in [1.54, 1.807) is 23.2 Å². The normalized spacial score (nSPS) is 23.8. The van der Waals surface area contributed by atoms with Gasteiger partial charge < -0.3 is 15.0 Å². The summed E-state index contributed by atoms with van der Waals surface area (Å²) in [5.74, 6) is -2.36. The van der Waals surface area contributed by atoms with Crippen molar-refractivity contribution >= 4 is 23.4 Å². The van der Waals surface area contributed by atoms with Crippen molar-refractivity contribution in [2.75, 3.05) is 13.2 Å². The molecule has 2 aliphatic rings. The average molecular weight is 478 g/mol. The first kappa shape index (κ1) is 23.6. The van der Waals surface area contributed by atoms with Gasteiger partial charge in [0, 0.05) is 23.7 Å². The predicted molar refractivity (Wildman–Crippen MR) is 119 cm³/mol.